The smallest absolute Gasteiger partial charge is 0.240 e. The molecule has 1 atom stereocenters. The molecule has 2 N–H and O–H groups in total. The highest BCUT2D eigenvalue weighted by atomic mass is 35.5. The number of anilines is 3. The van der Waals surface area contributed by atoms with E-state index in [0.29, 0.717) is 47.7 Å². The van der Waals surface area contributed by atoms with Gasteiger partial charge in [-0.05, 0) is 57.1 Å². The minimum atomic E-state index is -0.730. The van der Waals surface area contributed by atoms with Gasteiger partial charge in [0.15, 0.2) is 0 Å². The van der Waals surface area contributed by atoms with Crippen LogP contribution in [0.5, 0.6) is 5.88 Å². The van der Waals surface area contributed by atoms with Crippen LogP contribution < -0.4 is 20.3 Å². The molecule has 0 fully saturated rings. The molecule has 0 saturated heterocycles. The van der Waals surface area contributed by atoms with Gasteiger partial charge < -0.3 is 20.2 Å². The van der Waals surface area contributed by atoms with Crippen LogP contribution in [0.15, 0.2) is 36.4 Å². The first kappa shape index (κ1) is 24.6. The van der Waals surface area contributed by atoms with Gasteiger partial charge in [-0.15, -0.1) is 0 Å². The SMILES string of the molecule is CCOc1nc(NC[C@@](C)(C=O)NC)ccc1N(C(=O)CC(C)C)c1cccc(Cl)c1. The van der Waals surface area contributed by atoms with E-state index in [1.165, 1.54) is 0 Å². The molecule has 2 aromatic rings. The lowest BCUT2D eigenvalue weighted by atomic mass is 10.1. The molecule has 1 heterocycles. The van der Waals surface area contributed by atoms with Crippen molar-refractivity contribution < 1.29 is 14.3 Å². The lowest BCUT2D eigenvalue weighted by molar-refractivity contribution is -0.118. The molecule has 0 saturated carbocycles. The van der Waals surface area contributed by atoms with E-state index < -0.39 is 5.54 Å². The molecule has 0 unspecified atom stereocenters. The van der Waals surface area contributed by atoms with Crippen LogP contribution in [0, 0.1) is 5.92 Å². The molecule has 0 radical (unpaired) electrons. The predicted octanol–water partition coefficient (Wildman–Crippen LogP) is 4.43. The second kappa shape index (κ2) is 11.1. The Labute approximate surface area is 189 Å². The van der Waals surface area contributed by atoms with Crippen molar-refractivity contribution in [3.8, 4) is 5.88 Å². The highest BCUT2D eigenvalue weighted by Gasteiger charge is 2.25. The molecule has 0 aliphatic heterocycles. The summed E-state index contributed by atoms with van der Waals surface area (Å²) in [5.41, 5.74) is 0.448. The summed E-state index contributed by atoms with van der Waals surface area (Å²) < 4.78 is 5.79. The number of nitrogens with one attached hydrogen (secondary N) is 2. The van der Waals surface area contributed by atoms with Crippen molar-refractivity contribution in [3.63, 3.8) is 0 Å². The number of aldehydes is 1. The van der Waals surface area contributed by atoms with E-state index in [1.807, 2.05) is 26.8 Å². The van der Waals surface area contributed by atoms with E-state index >= 15 is 0 Å². The van der Waals surface area contributed by atoms with E-state index in [4.69, 9.17) is 16.3 Å². The van der Waals surface area contributed by atoms with Crippen LogP contribution in [0.25, 0.3) is 0 Å². The van der Waals surface area contributed by atoms with Gasteiger partial charge in [0, 0.05) is 18.0 Å². The summed E-state index contributed by atoms with van der Waals surface area (Å²) in [5, 5.41) is 6.66. The number of rotatable bonds is 11. The van der Waals surface area contributed by atoms with Gasteiger partial charge in [0.05, 0.1) is 17.8 Å². The maximum Gasteiger partial charge on any atom is 0.240 e. The molecule has 0 spiro atoms. The predicted molar refractivity (Wildman–Crippen MR) is 125 cm³/mol. The fraction of sp³-hybridized carbons (Fsp3) is 0.435. The van der Waals surface area contributed by atoms with Crippen molar-refractivity contribution in [2.75, 3.05) is 30.4 Å². The van der Waals surface area contributed by atoms with Crippen molar-refractivity contribution >= 4 is 41.0 Å². The van der Waals surface area contributed by atoms with E-state index in [2.05, 4.69) is 15.6 Å². The zero-order valence-electron chi connectivity index (χ0n) is 18.7. The molecule has 2 rings (SSSR count). The van der Waals surface area contributed by atoms with E-state index in [9.17, 15) is 9.59 Å². The number of benzene rings is 1. The lowest BCUT2D eigenvalue weighted by Gasteiger charge is -2.26. The fourth-order valence-electron chi connectivity index (χ4n) is 2.88. The normalized spacial score (nSPS) is 12.9. The maximum absolute atomic E-state index is 13.2. The van der Waals surface area contributed by atoms with Crippen molar-refractivity contribution in [2.24, 2.45) is 5.92 Å². The molecule has 1 amide bonds. The van der Waals surface area contributed by atoms with Crippen LogP contribution in [-0.4, -0.2) is 42.9 Å². The Morgan fingerprint density at radius 1 is 1.32 bits per heavy atom. The standard InChI is InChI=1S/C23H31ClN4O3/c1-6-31-22-19(10-11-20(27-22)26-14-23(4,15-29)25-5)28(21(30)12-16(2)3)18-9-7-8-17(24)13-18/h7-11,13,15-16,25H,6,12,14H2,1-5H3,(H,26,27)/t23-/m0/s1. The number of nitrogens with zero attached hydrogens (tertiary/aromatic N) is 2. The molecule has 31 heavy (non-hydrogen) atoms. The number of carbonyl (C=O) groups excluding carboxylic acids is 2. The third-order valence-corrected chi connectivity index (χ3v) is 4.96. The summed E-state index contributed by atoms with van der Waals surface area (Å²) in [5.74, 6) is 0.963. The second-order valence-corrected chi connectivity index (χ2v) is 8.34. The highest BCUT2D eigenvalue weighted by Crippen LogP contribution is 2.36. The van der Waals surface area contributed by atoms with Crippen molar-refractivity contribution in [1.29, 1.82) is 0 Å². The number of pyridine rings is 1. The molecule has 7 nitrogen and oxygen atoms in total. The van der Waals surface area contributed by atoms with Gasteiger partial charge in [0.1, 0.15) is 17.8 Å². The Hall–Kier alpha value is -2.64. The van der Waals surface area contributed by atoms with Gasteiger partial charge in [0.2, 0.25) is 11.8 Å². The van der Waals surface area contributed by atoms with E-state index in [0.717, 1.165) is 6.29 Å². The Bertz CT molecular complexity index is 906. The average molecular weight is 447 g/mol. The number of hydrogen-bond donors (Lipinski definition) is 2. The first-order valence-electron chi connectivity index (χ1n) is 10.3. The van der Waals surface area contributed by atoms with Gasteiger partial charge >= 0.3 is 0 Å². The third kappa shape index (κ3) is 6.67. The van der Waals surface area contributed by atoms with Gasteiger partial charge in [-0.2, -0.15) is 4.98 Å². The van der Waals surface area contributed by atoms with E-state index in [1.54, 1.807) is 49.2 Å². The number of amides is 1. The lowest BCUT2D eigenvalue weighted by Crippen LogP contribution is -2.47. The third-order valence-electron chi connectivity index (χ3n) is 4.73. The van der Waals surface area contributed by atoms with Crippen LogP contribution in [-0.2, 0) is 9.59 Å². The Morgan fingerprint density at radius 3 is 2.65 bits per heavy atom. The van der Waals surface area contributed by atoms with Gasteiger partial charge in [-0.25, -0.2) is 0 Å². The molecule has 0 aliphatic carbocycles. The van der Waals surface area contributed by atoms with Crippen molar-refractivity contribution in [1.82, 2.24) is 10.3 Å². The van der Waals surface area contributed by atoms with Gasteiger partial charge in [-0.1, -0.05) is 31.5 Å². The Balaban J connectivity index is 2.47. The number of ether oxygens (including phenoxy) is 1. The first-order chi connectivity index (χ1) is 14.7. The summed E-state index contributed by atoms with van der Waals surface area (Å²) in [4.78, 5) is 30.7. The van der Waals surface area contributed by atoms with Crippen LogP contribution in [0.3, 0.4) is 0 Å². The summed E-state index contributed by atoms with van der Waals surface area (Å²) in [7, 11) is 1.72. The summed E-state index contributed by atoms with van der Waals surface area (Å²) in [6.45, 7) is 8.36. The largest absolute Gasteiger partial charge is 0.476 e. The zero-order chi connectivity index (χ0) is 23.0. The number of carbonyl (C=O) groups is 2. The quantitative estimate of drug-likeness (QED) is 0.496. The van der Waals surface area contributed by atoms with Gasteiger partial charge in [-0.3, -0.25) is 9.69 Å². The monoisotopic (exact) mass is 446 g/mol. The number of hydrogen-bond acceptors (Lipinski definition) is 6. The average Bonchev–Trinajstić information content (AvgIpc) is 2.73. The van der Waals surface area contributed by atoms with Crippen LogP contribution in [0.1, 0.15) is 34.1 Å². The van der Waals surface area contributed by atoms with E-state index in [-0.39, 0.29) is 11.8 Å². The molecule has 0 bridgehead atoms. The van der Waals surface area contributed by atoms with Crippen LogP contribution in [0.4, 0.5) is 17.2 Å². The summed E-state index contributed by atoms with van der Waals surface area (Å²) >= 11 is 6.20. The molecule has 1 aromatic heterocycles. The molecule has 168 valence electrons. The Morgan fingerprint density at radius 2 is 2.06 bits per heavy atom. The van der Waals surface area contributed by atoms with Crippen molar-refractivity contribution in [3.05, 3.63) is 41.4 Å². The minimum absolute atomic E-state index is 0.0792. The number of aromatic nitrogens is 1. The Kier molecular flexibility index (Phi) is 8.83. The number of halogens is 1. The zero-order valence-corrected chi connectivity index (χ0v) is 19.5. The molecule has 0 aliphatic rings. The fourth-order valence-corrected chi connectivity index (χ4v) is 3.07. The summed E-state index contributed by atoms with van der Waals surface area (Å²) in [6.07, 6.45) is 1.21. The molecule has 1 aromatic carbocycles. The number of likely N-dealkylation sites (N-methyl/N-ethyl adjacent to an activating group) is 1. The van der Waals surface area contributed by atoms with Crippen molar-refractivity contribution in [2.45, 2.75) is 39.7 Å². The minimum Gasteiger partial charge on any atom is -0.476 e. The van der Waals surface area contributed by atoms with Gasteiger partial charge in [0.25, 0.3) is 0 Å². The van der Waals surface area contributed by atoms with Crippen LogP contribution >= 0.6 is 11.6 Å². The first-order valence-corrected chi connectivity index (χ1v) is 10.7. The summed E-state index contributed by atoms with van der Waals surface area (Å²) in [6, 6.07) is 10.7. The second-order valence-electron chi connectivity index (χ2n) is 7.90. The highest BCUT2D eigenvalue weighted by molar-refractivity contribution is 6.31. The maximum atomic E-state index is 13.2. The molecule has 8 heteroatoms. The van der Waals surface area contributed by atoms with Crippen LogP contribution in [0.2, 0.25) is 5.02 Å². The molecular formula is C23H31ClN4O3. The topological polar surface area (TPSA) is 83.6 Å². The molecular weight excluding hydrogens is 416 g/mol.